The van der Waals surface area contributed by atoms with E-state index in [9.17, 15) is 9.59 Å². The Bertz CT molecular complexity index is 1010. The second kappa shape index (κ2) is 9.04. The number of halogens is 1. The van der Waals surface area contributed by atoms with Gasteiger partial charge in [0.25, 0.3) is 5.91 Å². The first-order valence-corrected chi connectivity index (χ1v) is 10.00. The van der Waals surface area contributed by atoms with Crippen LogP contribution < -0.4 is 0 Å². The van der Waals surface area contributed by atoms with Gasteiger partial charge < -0.3 is 9.64 Å². The number of hydrogen-bond acceptors (Lipinski definition) is 4. The smallest absolute Gasteiger partial charge is 0.331 e. The minimum Gasteiger partial charge on any atom is -0.449 e. The summed E-state index contributed by atoms with van der Waals surface area (Å²) in [6, 6.07) is 17.4. The first-order chi connectivity index (χ1) is 13.5. The second-order valence-electron chi connectivity index (χ2n) is 6.37. The number of likely N-dealkylation sites (N-methyl/N-ethyl adjacent to an activating group) is 1. The third kappa shape index (κ3) is 4.80. The summed E-state index contributed by atoms with van der Waals surface area (Å²) < 4.78 is 6.30. The molecule has 0 aliphatic heterocycles. The van der Waals surface area contributed by atoms with Gasteiger partial charge in [0.2, 0.25) is 0 Å². The van der Waals surface area contributed by atoms with Crippen molar-refractivity contribution in [2.24, 2.45) is 0 Å². The summed E-state index contributed by atoms with van der Waals surface area (Å²) in [7, 11) is 1.69. The van der Waals surface area contributed by atoms with Crippen molar-refractivity contribution in [3.63, 3.8) is 0 Å². The molecule has 1 aromatic heterocycles. The maximum absolute atomic E-state index is 12.4. The Morgan fingerprint density at radius 2 is 1.82 bits per heavy atom. The summed E-state index contributed by atoms with van der Waals surface area (Å²) in [4.78, 5) is 26.9. The molecule has 2 aromatic carbocycles. The molecule has 0 aliphatic carbocycles. The molecule has 0 aliphatic rings. The van der Waals surface area contributed by atoms with Crippen molar-refractivity contribution >= 4 is 51.0 Å². The second-order valence-corrected chi connectivity index (χ2v) is 7.83. The van der Waals surface area contributed by atoms with Crippen molar-refractivity contribution in [3.05, 3.63) is 76.1 Å². The molecule has 0 spiro atoms. The number of benzene rings is 2. The lowest BCUT2D eigenvalue weighted by Gasteiger charge is -2.21. The molecule has 1 atom stereocenters. The first-order valence-electron chi connectivity index (χ1n) is 8.80. The van der Waals surface area contributed by atoms with E-state index in [-0.39, 0.29) is 5.91 Å². The van der Waals surface area contributed by atoms with Gasteiger partial charge >= 0.3 is 5.97 Å². The number of amides is 1. The molecule has 3 rings (SSSR count). The molecule has 0 unspecified atom stereocenters. The van der Waals surface area contributed by atoms with Crippen LogP contribution in [0.5, 0.6) is 0 Å². The number of nitrogens with zero attached hydrogens (tertiary/aromatic N) is 1. The number of thiophene rings is 1. The fraction of sp³-hybridized carbons (Fsp3) is 0.182. The van der Waals surface area contributed by atoms with Crippen LogP contribution in [0.4, 0.5) is 0 Å². The van der Waals surface area contributed by atoms with Crippen molar-refractivity contribution < 1.29 is 14.3 Å². The summed E-state index contributed by atoms with van der Waals surface area (Å²) >= 11 is 7.86. The van der Waals surface area contributed by atoms with Gasteiger partial charge in [0, 0.05) is 34.6 Å². The van der Waals surface area contributed by atoms with Gasteiger partial charge in [-0.2, -0.15) is 0 Å². The minimum atomic E-state index is -0.872. The quantitative estimate of drug-likeness (QED) is 0.414. The molecular formula is C22H20ClNO3S. The van der Waals surface area contributed by atoms with Crippen molar-refractivity contribution in [1.29, 1.82) is 0 Å². The minimum absolute atomic E-state index is 0.259. The van der Waals surface area contributed by atoms with Crippen LogP contribution in [0.3, 0.4) is 0 Å². The van der Waals surface area contributed by atoms with Crippen LogP contribution in [-0.2, 0) is 20.9 Å². The van der Waals surface area contributed by atoms with E-state index in [0.29, 0.717) is 11.6 Å². The zero-order chi connectivity index (χ0) is 20.1. The summed E-state index contributed by atoms with van der Waals surface area (Å²) in [5.41, 5.74) is 1.01. The highest BCUT2D eigenvalue weighted by molar-refractivity contribution is 7.20. The first kappa shape index (κ1) is 20.1. The van der Waals surface area contributed by atoms with Crippen LogP contribution >= 0.6 is 22.9 Å². The van der Waals surface area contributed by atoms with Crippen molar-refractivity contribution in [3.8, 4) is 0 Å². The number of hydrogen-bond donors (Lipinski definition) is 0. The lowest BCUT2D eigenvalue weighted by Crippen LogP contribution is -2.36. The Balaban J connectivity index is 1.59. The topological polar surface area (TPSA) is 46.6 Å². The predicted octanol–water partition coefficient (Wildman–Crippen LogP) is 5.16. The standard InChI is InChI=1S/C22H20ClNO3S/c1-15(22(26)24(2)14-16-8-4-3-5-9-16)27-20(25)13-12-19-21(23)17-10-6-7-11-18(17)28-19/h3-13,15H,14H2,1-2H3/b13-12+/t15-/m1/s1. The third-order valence-corrected chi connectivity index (χ3v) is 5.87. The Labute approximate surface area is 173 Å². The van der Waals surface area contributed by atoms with Crippen molar-refractivity contribution in [2.45, 2.75) is 19.6 Å². The van der Waals surface area contributed by atoms with E-state index in [1.54, 1.807) is 24.9 Å². The molecule has 0 saturated carbocycles. The Kier molecular flexibility index (Phi) is 6.49. The molecule has 0 bridgehead atoms. The maximum Gasteiger partial charge on any atom is 0.331 e. The molecule has 144 valence electrons. The van der Waals surface area contributed by atoms with E-state index in [1.807, 2.05) is 54.6 Å². The summed E-state index contributed by atoms with van der Waals surface area (Å²) in [6.07, 6.45) is 2.06. The molecule has 6 heteroatoms. The highest BCUT2D eigenvalue weighted by atomic mass is 35.5. The van der Waals surface area contributed by atoms with Crippen molar-refractivity contribution in [1.82, 2.24) is 4.90 Å². The maximum atomic E-state index is 12.4. The van der Waals surface area contributed by atoms with E-state index in [0.717, 1.165) is 20.5 Å². The monoisotopic (exact) mass is 413 g/mol. The lowest BCUT2D eigenvalue weighted by atomic mass is 10.2. The van der Waals surface area contributed by atoms with E-state index < -0.39 is 12.1 Å². The third-order valence-electron chi connectivity index (χ3n) is 4.21. The van der Waals surface area contributed by atoms with Gasteiger partial charge in [-0.15, -0.1) is 11.3 Å². The molecule has 1 heterocycles. The molecule has 3 aromatic rings. The van der Waals surface area contributed by atoms with E-state index in [2.05, 4.69) is 0 Å². The molecule has 0 fully saturated rings. The summed E-state index contributed by atoms with van der Waals surface area (Å²) in [5.74, 6) is -0.840. The van der Waals surface area contributed by atoms with Gasteiger partial charge in [-0.1, -0.05) is 60.1 Å². The number of esters is 1. The van der Waals surface area contributed by atoms with E-state index >= 15 is 0 Å². The van der Waals surface area contributed by atoms with Gasteiger partial charge in [-0.25, -0.2) is 4.79 Å². The molecule has 0 saturated heterocycles. The van der Waals surface area contributed by atoms with Crippen LogP contribution in [0, 0.1) is 0 Å². The molecule has 0 N–H and O–H groups in total. The Morgan fingerprint density at radius 1 is 1.14 bits per heavy atom. The van der Waals surface area contributed by atoms with Crippen LogP contribution in [0.25, 0.3) is 16.2 Å². The lowest BCUT2D eigenvalue weighted by molar-refractivity contribution is -0.154. The van der Waals surface area contributed by atoms with Gasteiger partial charge in [-0.3, -0.25) is 4.79 Å². The van der Waals surface area contributed by atoms with Gasteiger partial charge in [0.05, 0.1) is 5.02 Å². The zero-order valence-electron chi connectivity index (χ0n) is 15.6. The van der Waals surface area contributed by atoms with Crippen molar-refractivity contribution in [2.75, 3.05) is 7.05 Å². The molecule has 0 radical (unpaired) electrons. The number of carbonyl (C=O) groups excluding carboxylic acids is 2. The fourth-order valence-electron chi connectivity index (χ4n) is 2.79. The van der Waals surface area contributed by atoms with Crippen LogP contribution in [0.2, 0.25) is 5.02 Å². The predicted molar refractivity (Wildman–Crippen MR) is 114 cm³/mol. The average molecular weight is 414 g/mol. The van der Waals surface area contributed by atoms with Crippen LogP contribution in [0.1, 0.15) is 17.4 Å². The average Bonchev–Trinajstić information content (AvgIpc) is 3.02. The number of rotatable bonds is 6. The fourth-order valence-corrected chi connectivity index (χ4v) is 4.19. The zero-order valence-corrected chi connectivity index (χ0v) is 17.2. The van der Waals surface area contributed by atoms with Crippen LogP contribution in [0.15, 0.2) is 60.7 Å². The summed E-state index contributed by atoms with van der Waals surface area (Å²) in [6.45, 7) is 2.02. The number of fused-ring (bicyclic) bond motifs is 1. The van der Waals surface area contributed by atoms with Crippen LogP contribution in [-0.4, -0.2) is 29.9 Å². The summed E-state index contributed by atoms with van der Waals surface area (Å²) in [5, 5.41) is 1.56. The van der Waals surface area contributed by atoms with Gasteiger partial charge in [-0.05, 0) is 24.6 Å². The highest BCUT2D eigenvalue weighted by Crippen LogP contribution is 2.35. The normalized spacial score (nSPS) is 12.2. The highest BCUT2D eigenvalue weighted by Gasteiger charge is 2.20. The Morgan fingerprint density at radius 3 is 2.54 bits per heavy atom. The molecule has 1 amide bonds. The number of carbonyl (C=O) groups is 2. The van der Waals surface area contributed by atoms with Gasteiger partial charge in [0.1, 0.15) is 0 Å². The Hall–Kier alpha value is -2.63. The molecule has 28 heavy (non-hydrogen) atoms. The number of ether oxygens (including phenoxy) is 1. The largest absolute Gasteiger partial charge is 0.449 e. The molecule has 4 nitrogen and oxygen atoms in total. The van der Waals surface area contributed by atoms with Gasteiger partial charge in [0.15, 0.2) is 6.10 Å². The SMILES string of the molecule is C[C@@H](OC(=O)/C=C/c1sc2ccccc2c1Cl)C(=O)N(C)Cc1ccccc1. The van der Waals surface area contributed by atoms with E-state index in [4.69, 9.17) is 16.3 Å². The molecular weight excluding hydrogens is 394 g/mol. The van der Waals surface area contributed by atoms with E-state index in [1.165, 1.54) is 17.4 Å².